The summed E-state index contributed by atoms with van der Waals surface area (Å²) in [5.41, 5.74) is 6.14. The van der Waals surface area contributed by atoms with Gasteiger partial charge in [-0.25, -0.2) is 0 Å². The Kier molecular flexibility index (Phi) is 3.44. The average Bonchev–Trinajstić information content (AvgIpc) is 2.60. The molecule has 100 valence electrons. The number of carbonyl (C=O) groups is 3. The summed E-state index contributed by atoms with van der Waals surface area (Å²) in [4.78, 5) is 36.0. The zero-order valence-corrected chi connectivity index (χ0v) is 10.9. The quantitative estimate of drug-likeness (QED) is 0.606. The molecule has 0 bridgehead atoms. The number of nitrogens with one attached hydrogen (secondary N) is 1. The van der Waals surface area contributed by atoms with Crippen LogP contribution in [0.4, 0.5) is 5.69 Å². The average molecular weight is 282 g/mol. The summed E-state index contributed by atoms with van der Waals surface area (Å²) < 4.78 is 0. The Morgan fingerprint density at radius 1 is 1.47 bits per heavy atom. The first-order valence-corrected chi connectivity index (χ1v) is 5.94. The van der Waals surface area contributed by atoms with Crippen LogP contribution in [0.1, 0.15) is 16.8 Å². The van der Waals surface area contributed by atoms with Crippen molar-refractivity contribution in [2.24, 2.45) is 0 Å². The van der Waals surface area contributed by atoms with Crippen molar-refractivity contribution in [1.82, 2.24) is 10.2 Å². The molecule has 2 rings (SSSR count). The smallest absolute Gasteiger partial charge is 0.253 e. The van der Waals surface area contributed by atoms with Crippen LogP contribution in [0.15, 0.2) is 18.2 Å². The molecule has 19 heavy (non-hydrogen) atoms. The van der Waals surface area contributed by atoms with Crippen LogP contribution >= 0.6 is 11.6 Å². The summed E-state index contributed by atoms with van der Waals surface area (Å²) in [5.74, 6) is -1.29. The molecule has 3 N–H and O–H groups in total. The molecule has 3 amide bonds. The van der Waals surface area contributed by atoms with Gasteiger partial charge in [0.25, 0.3) is 11.8 Å². The molecule has 0 saturated carbocycles. The van der Waals surface area contributed by atoms with Crippen LogP contribution in [0.2, 0.25) is 5.02 Å². The van der Waals surface area contributed by atoms with Crippen molar-refractivity contribution >= 4 is 35.0 Å². The first-order valence-electron chi connectivity index (χ1n) is 5.56. The van der Waals surface area contributed by atoms with Crippen LogP contribution in [0.25, 0.3) is 0 Å². The number of likely N-dealkylation sites (N-methyl/N-ethyl adjacent to an activating group) is 1. The summed E-state index contributed by atoms with van der Waals surface area (Å²) in [5, 5.41) is 2.72. The van der Waals surface area contributed by atoms with Crippen LogP contribution < -0.4 is 11.1 Å². The zero-order valence-electron chi connectivity index (χ0n) is 10.1. The highest BCUT2D eigenvalue weighted by Gasteiger charge is 2.37. The zero-order chi connectivity index (χ0) is 14.2. The number of hydrogen-bond donors (Lipinski definition) is 2. The van der Waals surface area contributed by atoms with E-state index in [0.29, 0.717) is 5.69 Å². The van der Waals surface area contributed by atoms with Crippen molar-refractivity contribution in [3.63, 3.8) is 0 Å². The standard InChI is InChI=1S/C12H12ClN3O3/c1-16-10(17)5-9(12(16)19)15-11(18)7-4-6(14)2-3-8(7)13/h2-4,9H,5,14H2,1H3,(H,15,18). The summed E-state index contributed by atoms with van der Waals surface area (Å²) in [6, 6.07) is 3.64. The van der Waals surface area contributed by atoms with E-state index in [1.54, 1.807) is 6.07 Å². The van der Waals surface area contributed by atoms with Gasteiger partial charge in [-0.05, 0) is 18.2 Å². The maximum absolute atomic E-state index is 12.0. The summed E-state index contributed by atoms with van der Waals surface area (Å²) >= 11 is 5.89. The number of benzene rings is 1. The highest BCUT2D eigenvalue weighted by Crippen LogP contribution is 2.19. The minimum Gasteiger partial charge on any atom is -0.399 e. The number of nitrogen functional groups attached to an aromatic ring is 1. The molecule has 1 unspecified atom stereocenters. The molecule has 1 aliphatic heterocycles. The highest BCUT2D eigenvalue weighted by atomic mass is 35.5. The summed E-state index contributed by atoms with van der Waals surface area (Å²) in [7, 11) is 1.38. The van der Waals surface area contributed by atoms with Crippen LogP contribution in [0.3, 0.4) is 0 Å². The van der Waals surface area contributed by atoms with E-state index >= 15 is 0 Å². The van der Waals surface area contributed by atoms with Crippen LogP contribution in [-0.2, 0) is 9.59 Å². The van der Waals surface area contributed by atoms with Gasteiger partial charge in [0.2, 0.25) is 5.91 Å². The molecule has 1 aromatic carbocycles. The largest absolute Gasteiger partial charge is 0.399 e. The molecule has 7 heteroatoms. The van der Waals surface area contributed by atoms with E-state index in [1.807, 2.05) is 0 Å². The Morgan fingerprint density at radius 2 is 2.16 bits per heavy atom. The SMILES string of the molecule is CN1C(=O)CC(NC(=O)c2cc(N)ccc2Cl)C1=O. The van der Waals surface area contributed by atoms with Gasteiger partial charge < -0.3 is 11.1 Å². The number of halogens is 1. The van der Waals surface area contributed by atoms with E-state index in [9.17, 15) is 14.4 Å². The second-order valence-corrected chi connectivity index (χ2v) is 4.67. The second kappa shape index (κ2) is 4.89. The van der Waals surface area contributed by atoms with Gasteiger partial charge in [-0.1, -0.05) is 11.6 Å². The first kappa shape index (κ1) is 13.4. The maximum Gasteiger partial charge on any atom is 0.253 e. The topological polar surface area (TPSA) is 92.5 Å². The molecular weight excluding hydrogens is 270 g/mol. The number of rotatable bonds is 2. The number of anilines is 1. The highest BCUT2D eigenvalue weighted by molar-refractivity contribution is 6.34. The van der Waals surface area contributed by atoms with E-state index in [0.717, 1.165) is 4.90 Å². The number of imide groups is 1. The fraction of sp³-hybridized carbons (Fsp3) is 0.250. The van der Waals surface area contributed by atoms with E-state index in [4.69, 9.17) is 17.3 Å². The van der Waals surface area contributed by atoms with E-state index in [1.165, 1.54) is 19.2 Å². The minimum atomic E-state index is -0.845. The normalized spacial score (nSPS) is 18.8. The molecule has 6 nitrogen and oxygen atoms in total. The number of likely N-dealkylation sites (tertiary alicyclic amines) is 1. The Labute approximate surface area is 114 Å². The maximum atomic E-state index is 12.0. The Balaban J connectivity index is 2.16. The van der Waals surface area contributed by atoms with Gasteiger partial charge in [-0.3, -0.25) is 19.3 Å². The molecule has 1 saturated heterocycles. The van der Waals surface area contributed by atoms with Crippen molar-refractivity contribution < 1.29 is 14.4 Å². The third kappa shape index (κ3) is 2.53. The van der Waals surface area contributed by atoms with Gasteiger partial charge in [0.05, 0.1) is 17.0 Å². The Hall–Kier alpha value is -2.08. The van der Waals surface area contributed by atoms with Crippen molar-refractivity contribution in [3.8, 4) is 0 Å². The van der Waals surface area contributed by atoms with Crippen molar-refractivity contribution in [3.05, 3.63) is 28.8 Å². The lowest BCUT2D eigenvalue weighted by molar-refractivity contribution is -0.137. The van der Waals surface area contributed by atoms with Crippen LogP contribution in [0.5, 0.6) is 0 Å². The van der Waals surface area contributed by atoms with Gasteiger partial charge in [0, 0.05) is 12.7 Å². The van der Waals surface area contributed by atoms with Gasteiger partial charge in [-0.2, -0.15) is 0 Å². The molecule has 0 spiro atoms. The first-order chi connectivity index (χ1) is 8.90. The molecule has 0 aromatic heterocycles. The fourth-order valence-corrected chi connectivity index (χ4v) is 2.02. The number of hydrogen-bond acceptors (Lipinski definition) is 4. The predicted molar refractivity (Wildman–Crippen MR) is 69.5 cm³/mol. The van der Waals surface area contributed by atoms with Gasteiger partial charge in [0.1, 0.15) is 6.04 Å². The van der Waals surface area contributed by atoms with Gasteiger partial charge in [0.15, 0.2) is 0 Å². The second-order valence-electron chi connectivity index (χ2n) is 4.26. The molecule has 1 aromatic rings. The Morgan fingerprint density at radius 3 is 2.74 bits per heavy atom. The minimum absolute atomic E-state index is 0.0407. The van der Waals surface area contributed by atoms with Crippen LogP contribution in [-0.4, -0.2) is 35.7 Å². The number of nitrogens with zero attached hydrogens (tertiary/aromatic N) is 1. The molecule has 1 heterocycles. The summed E-state index contributed by atoms with van der Waals surface area (Å²) in [6.45, 7) is 0. The van der Waals surface area contributed by atoms with Gasteiger partial charge >= 0.3 is 0 Å². The monoisotopic (exact) mass is 281 g/mol. The lowest BCUT2D eigenvalue weighted by atomic mass is 10.1. The third-order valence-electron chi connectivity index (χ3n) is 2.92. The number of amides is 3. The van der Waals surface area contributed by atoms with Crippen molar-refractivity contribution in [1.29, 1.82) is 0 Å². The molecular formula is C12H12ClN3O3. The van der Waals surface area contributed by atoms with E-state index in [-0.39, 0.29) is 22.9 Å². The van der Waals surface area contributed by atoms with Crippen molar-refractivity contribution in [2.45, 2.75) is 12.5 Å². The van der Waals surface area contributed by atoms with E-state index < -0.39 is 17.9 Å². The lowest BCUT2D eigenvalue weighted by Crippen LogP contribution is -2.40. The van der Waals surface area contributed by atoms with Crippen molar-refractivity contribution in [2.75, 3.05) is 12.8 Å². The third-order valence-corrected chi connectivity index (χ3v) is 3.25. The lowest BCUT2D eigenvalue weighted by Gasteiger charge is -2.12. The van der Waals surface area contributed by atoms with E-state index in [2.05, 4.69) is 5.32 Å². The Bertz CT molecular complexity index is 573. The summed E-state index contributed by atoms with van der Waals surface area (Å²) in [6.07, 6.45) is -0.0407. The predicted octanol–water partition coefficient (Wildman–Crippen LogP) is 0.409. The molecule has 1 fully saturated rings. The number of carbonyl (C=O) groups excluding carboxylic acids is 3. The fourth-order valence-electron chi connectivity index (χ4n) is 1.82. The molecule has 0 radical (unpaired) electrons. The molecule has 1 aliphatic rings. The van der Waals surface area contributed by atoms with Gasteiger partial charge in [-0.15, -0.1) is 0 Å². The molecule has 1 atom stereocenters. The number of nitrogens with two attached hydrogens (primary N) is 1. The van der Waals surface area contributed by atoms with Crippen LogP contribution in [0, 0.1) is 0 Å². The molecule has 0 aliphatic carbocycles.